The van der Waals surface area contributed by atoms with Gasteiger partial charge in [0.1, 0.15) is 0 Å². The molecular formula is C16H17BrN2O. The molecule has 4 heteroatoms. The number of carbonyl (C=O) groups excluding carboxylic acids is 1. The summed E-state index contributed by atoms with van der Waals surface area (Å²) in [4.78, 5) is 12.4. The molecule has 0 radical (unpaired) electrons. The zero-order valence-corrected chi connectivity index (χ0v) is 13.3. The average molecular weight is 333 g/mol. The van der Waals surface area contributed by atoms with Crippen LogP contribution in [0.1, 0.15) is 27.0 Å². The lowest BCUT2D eigenvalue weighted by Crippen LogP contribution is -2.14. The quantitative estimate of drug-likeness (QED) is 0.809. The highest BCUT2D eigenvalue weighted by atomic mass is 79.9. The van der Waals surface area contributed by atoms with E-state index in [9.17, 15) is 4.79 Å². The Morgan fingerprint density at radius 1 is 1.10 bits per heavy atom. The van der Waals surface area contributed by atoms with Gasteiger partial charge in [-0.05, 0) is 66.0 Å². The highest BCUT2D eigenvalue weighted by Crippen LogP contribution is 2.24. The highest BCUT2D eigenvalue weighted by molar-refractivity contribution is 9.10. The third-order valence-corrected chi connectivity index (χ3v) is 3.92. The summed E-state index contributed by atoms with van der Waals surface area (Å²) in [5.41, 5.74) is 11.0. The van der Waals surface area contributed by atoms with Gasteiger partial charge in [-0.25, -0.2) is 0 Å². The number of amides is 1. The number of anilines is 2. The molecule has 0 aromatic heterocycles. The summed E-state index contributed by atoms with van der Waals surface area (Å²) < 4.78 is 0.776. The lowest BCUT2D eigenvalue weighted by molar-refractivity contribution is 0.102. The largest absolute Gasteiger partial charge is 0.398 e. The van der Waals surface area contributed by atoms with Crippen LogP contribution in [0.4, 0.5) is 11.4 Å². The Morgan fingerprint density at radius 3 is 2.50 bits per heavy atom. The number of nitrogens with one attached hydrogen (secondary N) is 1. The summed E-state index contributed by atoms with van der Waals surface area (Å²) in [5, 5.41) is 2.91. The Labute approximate surface area is 127 Å². The van der Waals surface area contributed by atoms with Gasteiger partial charge in [0.25, 0.3) is 5.91 Å². The lowest BCUT2D eigenvalue weighted by Gasteiger charge is -2.12. The van der Waals surface area contributed by atoms with Gasteiger partial charge in [-0.1, -0.05) is 17.7 Å². The third kappa shape index (κ3) is 3.02. The van der Waals surface area contributed by atoms with Crippen molar-refractivity contribution in [3.8, 4) is 0 Å². The van der Waals surface area contributed by atoms with E-state index < -0.39 is 0 Å². The number of rotatable bonds is 2. The Kier molecular flexibility index (Phi) is 4.14. The Bertz CT molecular complexity index is 680. The van der Waals surface area contributed by atoms with Gasteiger partial charge < -0.3 is 11.1 Å². The normalized spacial score (nSPS) is 10.4. The molecule has 3 nitrogen and oxygen atoms in total. The molecule has 0 spiro atoms. The van der Waals surface area contributed by atoms with Gasteiger partial charge in [-0.2, -0.15) is 0 Å². The standard InChI is InChI=1S/C16H17BrN2O/c1-9-4-5-13(17)12(6-9)16(20)19-15-8-14(18)10(2)7-11(15)3/h4-8H,18H2,1-3H3,(H,19,20). The molecule has 2 rings (SSSR count). The molecule has 0 bridgehead atoms. The van der Waals surface area contributed by atoms with Crippen LogP contribution in [0, 0.1) is 20.8 Å². The first kappa shape index (κ1) is 14.6. The first-order valence-electron chi connectivity index (χ1n) is 6.32. The molecule has 0 fully saturated rings. The van der Waals surface area contributed by atoms with E-state index in [-0.39, 0.29) is 5.91 Å². The zero-order chi connectivity index (χ0) is 14.9. The van der Waals surface area contributed by atoms with Crippen LogP contribution in [0.2, 0.25) is 0 Å². The van der Waals surface area contributed by atoms with E-state index in [1.54, 1.807) is 6.07 Å². The number of nitrogen functional groups attached to an aromatic ring is 1. The van der Waals surface area contributed by atoms with E-state index in [1.807, 2.05) is 45.0 Å². The second kappa shape index (κ2) is 5.67. The number of nitrogens with two attached hydrogens (primary N) is 1. The maximum absolute atomic E-state index is 12.4. The summed E-state index contributed by atoms with van der Waals surface area (Å²) >= 11 is 3.40. The van der Waals surface area contributed by atoms with Crippen LogP contribution in [-0.4, -0.2) is 5.91 Å². The van der Waals surface area contributed by atoms with Crippen LogP contribution in [0.25, 0.3) is 0 Å². The molecule has 0 aliphatic carbocycles. The van der Waals surface area contributed by atoms with Crippen molar-refractivity contribution >= 4 is 33.2 Å². The van der Waals surface area contributed by atoms with Crippen LogP contribution >= 0.6 is 15.9 Å². The summed E-state index contributed by atoms with van der Waals surface area (Å²) in [7, 11) is 0. The van der Waals surface area contributed by atoms with E-state index in [4.69, 9.17) is 5.73 Å². The molecule has 0 saturated heterocycles. The SMILES string of the molecule is Cc1ccc(Br)c(C(=O)Nc2cc(N)c(C)cc2C)c1. The fraction of sp³-hybridized carbons (Fsp3) is 0.188. The summed E-state index contributed by atoms with van der Waals surface area (Å²) in [6.45, 7) is 5.86. The maximum Gasteiger partial charge on any atom is 0.256 e. The van der Waals surface area contributed by atoms with Crippen LogP contribution < -0.4 is 11.1 Å². The van der Waals surface area contributed by atoms with Crippen molar-refractivity contribution in [2.75, 3.05) is 11.1 Å². The second-order valence-electron chi connectivity index (χ2n) is 4.96. The Hall–Kier alpha value is -1.81. The zero-order valence-electron chi connectivity index (χ0n) is 11.8. The first-order chi connectivity index (χ1) is 9.38. The van der Waals surface area contributed by atoms with Crippen LogP contribution in [0.5, 0.6) is 0 Å². The van der Waals surface area contributed by atoms with E-state index >= 15 is 0 Å². The molecule has 0 aliphatic heterocycles. The number of halogens is 1. The molecule has 0 unspecified atom stereocenters. The van der Waals surface area contributed by atoms with E-state index in [1.165, 1.54) is 0 Å². The van der Waals surface area contributed by atoms with Gasteiger partial charge in [0.05, 0.1) is 5.56 Å². The van der Waals surface area contributed by atoms with E-state index in [0.717, 1.165) is 26.9 Å². The van der Waals surface area contributed by atoms with Crippen molar-refractivity contribution < 1.29 is 4.79 Å². The molecule has 3 N–H and O–H groups in total. The van der Waals surface area contributed by atoms with Crippen LogP contribution in [0.15, 0.2) is 34.8 Å². The topological polar surface area (TPSA) is 55.1 Å². The second-order valence-corrected chi connectivity index (χ2v) is 5.82. The fourth-order valence-electron chi connectivity index (χ4n) is 2.01. The number of aryl methyl sites for hydroxylation is 3. The minimum Gasteiger partial charge on any atom is -0.398 e. The van der Waals surface area contributed by atoms with Crippen LogP contribution in [-0.2, 0) is 0 Å². The molecule has 0 atom stereocenters. The third-order valence-electron chi connectivity index (χ3n) is 3.23. The molecule has 104 valence electrons. The molecule has 0 aliphatic rings. The van der Waals surface area contributed by atoms with Gasteiger partial charge in [0, 0.05) is 15.8 Å². The average Bonchev–Trinajstić information content (AvgIpc) is 2.38. The number of carbonyl (C=O) groups is 1. The summed E-state index contributed by atoms with van der Waals surface area (Å²) in [6.07, 6.45) is 0. The molecule has 1 amide bonds. The number of benzene rings is 2. The van der Waals surface area contributed by atoms with Crippen molar-refractivity contribution in [2.45, 2.75) is 20.8 Å². The first-order valence-corrected chi connectivity index (χ1v) is 7.12. The molecule has 20 heavy (non-hydrogen) atoms. The molecule has 0 heterocycles. The maximum atomic E-state index is 12.4. The van der Waals surface area contributed by atoms with Gasteiger partial charge in [0.15, 0.2) is 0 Å². The van der Waals surface area contributed by atoms with Crippen molar-refractivity contribution in [1.29, 1.82) is 0 Å². The smallest absolute Gasteiger partial charge is 0.256 e. The molecule has 0 saturated carbocycles. The van der Waals surface area contributed by atoms with Crippen molar-refractivity contribution in [2.24, 2.45) is 0 Å². The molecule has 2 aromatic rings. The number of hydrogen-bond acceptors (Lipinski definition) is 2. The minimum absolute atomic E-state index is 0.146. The van der Waals surface area contributed by atoms with Gasteiger partial charge in [-0.15, -0.1) is 0 Å². The fourth-order valence-corrected chi connectivity index (χ4v) is 2.43. The Morgan fingerprint density at radius 2 is 1.80 bits per heavy atom. The van der Waals surface area contributed by atoms with Gasteiger partial charge in [-0.3, -0.25) is 4.79 Å². The lowest BCUT2D eigenvalue weighted by atomic mass is 10.1. The molecule has 2 aromatic carbocycles. The predicted molar refractivity (Wildman–Crippen MR) is 87.2 cm³/mol. The van der Waals surface area contributed by atoms with Crippen molar-refractivity contribution in [3.63, 3.8) is 0 Å². The van der Waals surface area contributed by atoms with Gasteiger partial charge >= 0.3 is 0 Å². The number of hydrogen-bond donors (Lipinski definition) is 2. The predicted octanol–water partition coefficient (Wildman–Crippen LogP) is 4.21. The minimum atomic E-state index is -0.146. The van der Waals surface area contributed by atoms with Crippen molar-refractivity contribution in [3.05, 3.63) is 57.1 Å². The summed E-state index contributed by atoms with van der Waals surface area (Å²) in [5.74, 6) is -0.146. The Balaban J connectivity index is 2.32. The van der Waals surface area contributed by atoms with Gasteiger partial charge in [0.2, 0.25) is 0 Å². The summed E-state index contributed by atoms with van der Waals surface area (Å²) in [6, 6.07) is 9.45. The van der Waals surface area contributed by atoms with Crippen molar-refractivity contribution in [1.82, 2.24) is 0 Å². The van der Waals surface area contributed by atoms with E-state index in [0.29, 0.717) is 11.3 Å². The highest BCUT2D eigenvalue weighted by Gasteiger charge is 2.12. The van der Waals surface area contributed by atoms with Crippen LogP contribution in [0.3, 0.4) is 0 Å². The monoisotopic (exact) mass is 332 g/mol. The molecular weight excluding hydrogens is 316 g/mol. The van der Waals surface area contributed by atoms with E-state index in [2.05, 4.69) is 21.2 Å².